The quantitative estimate of drug-likeness (QED) is 0.789. The van der Waals surface area contributed by atoms with Gasteiger partial charge in [0.15, 0.2) is 0 Å². The predicted octanol–water partition coefficient (Wildman–Crippen LogP) is 1.27. The van der Waals surface area contributed by atoms with Crippen LogP contribution < -0.4 is 15.4 Å². The third kappa shape index (κ3) is 5.30. The van der Waals surface area contributed by atoms with Crippen LogP contribution in [-0.4, -0.2) is 31.5 Å². The molecule has 0 heterocycles. The number of hydrogen-bond donors (Lipinski definition) is 2. The highest BCUT2D eigenvalue weighted by Crippen LogP contribution is 2.11. The van der Waals surface area contributed by atoms with E-state index in [9.17, 15) is 9.59 Å². The van der Waals surface area contributed by atoms with Crippen LogP contribution in [0.5, 0.6) is 5.75 Å². The number of benzene rings is 1. The van der Waals surface area contributed by atoms with Crippen molar-refractivity contribution in [2.24, 2.45) is 0 Å². The molecule has 0 saturated carbocycles. The lowest BCUT2D eigenvalue weighted by Gasteiger charge is -2.13. The van der Waals surface area contributed by atoms with Crippen molar-refractivity contribution in [3.63, 3.8) is 0 Å². The van der Waals surface area contributed by atoms with E-state index in [1.807, 2.05) is 19.1 Å². The van der Waals surface area contributed by atoms with E-state index in [0.29, 0.717) is 6.54 Å². The Balaban J connectivity index is 2.44. The van der Waals surface area contributed by atoms with Crippen molar-refractivity contribution in [1.29, 1.82) is 0 Å². The van der Waals surface area contributed by atoms with E-state index in [1.54, 1.807) is 26.2 Å². The van der Waals surface area contributed by atoms with Crippen molar-refractivity contribution in [3.8, 4) is 5.75 Å². The predicted molar refractivity (Wildman–Crippen MR) is 77.6 cm³/mol. The Hall–Kier alpha value is -2.04. The van der Waals surface area contributed by atoms with Crippen LogP contribution in [0.1, 0.15) is 25.8 Å². The first-order valence-corrected chi connectivity index (χ1v) is 6.76. The van der Waals surface area contributed by atoms with Crippen molar-refractivity contribution < 1.29 is 14.3 Å². The number of amides is 2. The molecule has 0 fully saturated rings. The van der Waals surface area contributed by atoms with Gasteiger partial charge in [0.25, 0.3) is 0 Å². The number of nitrogens with one attached hydrogen (secondary N) is 2. The van der Waals surface area contributed by atoms with Gasteiger partial charge in [-0.25, -0.2) is 0 Å². The molecule has 0 aliphatic carbocycles. The fraction of sp³-hybridized carbons (Fsp3) is 0.467. The average Bonchev–Trinajstić information content (AvgIpc) is 2.45. The third-order valence-corrected chi connectivity index (χ3v) is 2.84. The Labute approximate surface area is 119 Å². The van der Waals surface area contributed by atoms with Crippen molar-refractivity contribution in [2.45, 2.75) is 32.7 Å². The largest absolute Gasteiger partial charge is 0.497 e. The minimum Gasteiger partial charge on any atom is -0.497 e. The maximum Gasteiger partial charge on any atom is 0.242 e. The number of ether oxygens (including phenoxy) is 1. The number of methoxy groups -OCH3 is 1. The summed E-state index contributed by atoms with van der Waals surface area (Å²) in [6.45, 7) is 4.28. The summed E-state index contributed by atoms with van der Waals surface area (Å²) in [5, 5.41) is 5.43. The van der Waals surface area contributed by atoms with Crippen LogP contribution in [0.15, 0.2) is 24.3 Å². The normalized spacial score (nSPS) is 11.6. The highest BCUT2D eigenvalue weighted by atomic mass is 16.5. The molecule has 1 aromatic rings. The highest BCUT2D eigenvalue weighted by Gasteiger charge is 2.14. The molecular weight excluding hydrogens is 256 g/mol. The second-order valence-electron chi connectivity index (χ2n) is 4.61. The average molecular weight is 278 g/mol. The molecule has 5 heteroatoms. The van der Waals surface area contributed by atoms with E-state index < -0.39 is 6.04 Å². The number of carbonyl (C=O) groups is 2. The molecule has 0 saturated heterocycles. The molecule has 0 radical (unpaired) electrons. The summed E-state index contributed by atoms with van der Waals surface area (Å²) in [6, 6.07) is 6.76. The standard InChI is InChI=1S/C15H22N2O3/c1-4-9-16-15(19)11(2)17-14(18)10-12-5-7-13(20-3)8-6-12/h5-8,11H,4,9-10H2,1-3H3,(H,16,19)(H,17,18)/t11-/m1/s1. The highest BCUT2D eigenvalue weighted by molar-refractivity contribution is 5.88. The maximum atomic E-state index is 11.8. The van der Waals surface area contributed by atoms with Crippen LogP contribution in [0.2, 0.25) is 0 Å². The SMILES string of the molecule is CCCNC(=O)[C@@H](C)NC(=O)Cc1ccc(OC)cc1. The van der Waals surface area contributed by atoms with Crippen molar-refractivity contribution >= 4 is 11.8 Å². The molecule has 0 aliphatic heterocycles. The van der Waals surface area contributed by atoms with Gasteiger partial charge in [0, 0.05) is 6.54 Å². The smallest absolute Gasteiger partial charge is 0.242 e. The second kappa shape index (κ2) is 8.19. The molecule has 2 N–H and O–H groups in total. The lowest BCUT2D eigenvalue weighted by atomic mass is 10.1. The summed E-state index contributed by atoms with van der Waals surface area (Å²) >= 11 is 0. The third-order valence-electron chi connectivity index (χ3n) is 2.84. The van der Waals surface area contributed by atoms with Gasteiger partial charge >= 0.3 is 0 Å². The fourth-order valence-electron chi connectivity index (χ4n) is 1.69. The fourth-order valence-corrected chi connectivity index (χ4v) is 1.69. The zero-order chi connectivity index (χ0) is 15.0. The van der Waals surface area contributed by atoms with E-state index in [4.69, 9.17) is 4.74 Å². The molecule has 1 rings (SSSR count). The van der Waals surface area contributed by atoms with Crippen LogP contribution in [0, 0.1) is 0 Å². The molecule has 0 aromatic heterocycles. The van der Waals surface area contributed by atoms with E-state index in [0.717, 1.165) is 17.7 Å². The molecule has 0 aliphatic rings. The molecule has 0 bridgehead atoms. The summed E-state index contributed by atoms with van der Waals surface area (Å²) in [4.78, 5) is 23.5. The minimum absolute atomic E-state index is 0.157. The Kier molecular flexibility index (Phi) is 6.56. The molecule has 2 amide bonds. The monoisotopic (exact) mass is 278 g/mol. The van der Waals surface area contributed by atoms with Gasteiger partial charge in [0.05, 0.1) is 13.5 Å². The second-order valence-corrected chi connectivity index (χ2v) is 4.61. The van der Waals surface area contributed by atoms with Crippen LogP contribution in [0.4, 0.5) is 0 Å². The summed E-state index contributed by atoms with van der Waals surface area (Å²) in [5.41, 5.74) is 0.879. The van der Waals surface area contributed by atoms with Crippen LogP contribution in [0.25, 0.3) is 0 Å². The first-order chi connectivity index (χ1) is 9.56. The number of hydrogen-bond acceptors (Lipinski definition) is 3. The van der Waals surface area contributed by atoms with Crippen LogP contribution >= 0.6 is 0 Å². The van der Waals surface area contributed by atoms with Gasteiger partial charge in [-0.15, -0.1) is 0 Å². The van der Waals surface area contributed by atoms with Gasteiger partial charge in [-0.3, -0.25) is 9.59 Å². The summed E-state index contributed by atoms with van der Waals surface area (Å²) in [6.07, 6.45) is 1.12. The number of rotatable bonds is 7. The van der Waals surface area contributed by atoms with Gasteiger partial charge in [-0.1, -0.05) is 19.1 Å². The van der Waals surface area contributed by atoms with Gasteiger partial charge in [-0.2, -0.15) is 0 Å². The maximum absolute atomic E-state index is 11.8. The van der Waals surface area contributed by atoms with Gasteiger partial charge in [0.2, 0.25) is 11.8 Å². The first kappa shape index (κ1) is 16.0. The topological polar surface area (TPSA) is 67.4 Å². The lowest BCUT2D eigenvalue weighted by molar-refractivity contribution is -0.128. The molecule has 1 atom stereocenters. The Bertz CT molecular complexity index is 443. The summed E-state index contributed by atoms with van der Waals surface area (Å²) < 4.78 is 5.05. The summed E-state index contributed by atoms with van der Waals surface area (Å²) in [7, 11) is 1.60. The molecule has 1 aromatic carbocycles. The zero-order valence-electron chi connectivity index (χ0n) is 12.2. The molecule has 110 valence electrons. The number of carbonyl (C=O) groups excluding carboxylic acids is 2. The molecule has 20 heavy (non-hydrogen) atoms. The van der Waals surface area contributed by atoms with Gasteiger partial charge in [0.1, 0.15) is 11.8 Å². The Morgan fingerprint density at radius 2 is 1.90 bits per heavy atom. The van der Waals surface area contributed by atoms with Gasteiger partial charge < -0.3 is 15.4 Å². The Morgan fingerprint density at radius 3 is 2.45 bits per heavy atom. The van der Waals surface area contributed by atoms with Crippen molar-refractivity contribution in [1.82, 2.24) is 10.6 Å². The van der Waals surface area contributed by atoms with E-state index in [1.165, 1.54) is 0 Å². The van der Waals surface area contributed by atoms with Gasteiger partial charge in [-0.05, 0) is 31.0 Å². The minimum atomic E-state index is -0.521. The van der Waals surface area contributed by atoms with Crippen LogP contribution in [-0.2, 0) is 16.0 Å². The molecule has 0 unspecified atom stereocenters. The first-order valence-electron chi connectivity index (χ1n) is 6.76. The molecule has 0 spiro atoms. The van der Waals surface area contributed by atoms with E-state index >= 15 is 0 Å². The van der Waals surface area contributed by atoms with Crippen molar-refractivity contribution in [3.05, 3.63) is 29.8 Å². The molecular formula is C15H22N2O3. The molecule has 5 nitrogen and oxygen atoms in total. The lowest BCUT2D eigenvalue weighted by Crippen LogP contribution is -2.45. The van der Waals surface area contributed by atoms with E-state index in [-0.39, 0.29) is 18.2 Å². The summed E-state index contributed by atoms with van der Waals surface area (Å²) in [5.74, 6) is 0.422. The van der Waals surface area contributed by atoms with Crippen molar-refractivity contribution in [2.75, 3.05) is 13.7 Å². The zero-order valence-corrected chi connectivity index (χ0v) is 12.2. The Morgan fingerprint density at radius 1 is 1.25 bits per heavy atom. The van der Waals surface area contributed by atoms with Crippen LogP contribution in [0.3, 0.4) is 0 Å². The van der Waals surface area contributed by atoms with E-state index in [2.05, 4.69) is 10.6 Å².